The number of para-hydroxylation sites is 3. The number of nitrogens with zero attached hydrogens (tertiary/aromatic N) is 1. The summed E-state index contributed by atoms with van der Waals surface area (Å²) in [7, 11) is 0. The fourth-order valence-corrected chi connectivity index (χ4v) is 7.70. The van der Waals surface area contributed by atoms with Gasteiger partial charge in [0.25, 0.3) is 0 Å². The van der Waals surface area contributed by atoms with Gasteiger partial charge in [-0.25, -0.2) is 0 Å². The number of benzene rings is 8. The van der Waals surface area contributed by atoms with Crippen molar-refractivity contribution >= 4 is 17.1 Å². The second kappa shape index (κ2) is 13.0. The van der Waals surface area contributed by atoms with E-state index in [-0.39, 0.29) is 0 Å². The lowest BCUT2D eigenvalue weighted by Crippen LogP contribution is -2.34. The van der Waals surface area contributed by atoms with Crippen molar-refractivity contribution in [2.75, 3.05) is 4.90 Å². The van der Waals surface area contributed by atoms with E-state index in [2.05, 4.69) is 217 Å². The molecule has 2 heteroatoms. The number of rotatable bonds is 7. The Morgan fingerprint density at radius 1 is 0.333 bits per heavy atom. The highest BCUT2D eigenvalue weighted by atomic mass is 16.5. The highest BCUT2D eigenvalue weighted by molar-refractivity contribution is 5.83. The summed E-state index contributed by atoms with van der Waals surface area (Å²) < 4.78 is 6.91. The third kappa shape index (κ3) is 5.29. The molecule has 0 unspecified atom stereocenters. The first-order valence-corrected chi connectivity index (χ1v) is 17.4. The molecule has 0 N–H and O–H groups in total. The van der Waals surface area contributed by atoms with Crippen molar-refractivity contribution in [3.05, 3.63) is 235 Å². The van der Waals surface area contributed by atoms with Crippen molar-refractivity contribution in [2.24, 2.45) is 0 Å². The van der Waals surface area contributed by atoms with Crippen molar-refractivity contribution in [1.82, 2.24) is 0 Å². The minimum atomic E-state index is -0.557. The van der Waals surface area contributed by atoms with Crippen LogP contribution < -0.4 is 9.64 Å². The summed E-state index contributed by atoms with van der Waals surface area (Å²) in [6.45, 7) is 0. The van der Waals surface area contributed by atoms with Crippen LogP contribution in [-0.2, 0) is 5.41 Å². The fourth-order valence-electron chi connectivity index (χ4n) is 7.70. The van der Waals surface area contributed by atoms with E-state index in [1.807, 2.05) is 0 Å². The quantitative estimate of drug-likeness (QED) is 0.170. The average Bonchev–Trinajstić information content (AvgIpc) is 3.22. The highest BCUT2D eigenvalue weighted by Crippen LogP contribution is 2.57. The SMILES string of the molecule is c1ccc(-c2ccc(N(c3ccccc3)c3ccc(-c4cccc5c4Oc4ccccc4C5(c4ccccc4)c4ccccc4)cc3)cc2)cc1. The fraction of sp³-hybridized carbons (Fsp3) is 0.0204. The number of hydrogen-bond donors (Lipinski definition) is 0. The van der Waals surface area contributed by atoms with E-state index in [9.17, 15) is 0 Å². The molecule has 2 nitrogen and oxygen atoms in total. The Kier molecular flexibility index (Phi) is 7.75. The summed E-state index contributed by atoms with van der Waals surface area (Å²) in [5.41, 5.74) is 12.0. The molecule has 0 bridgehead atoms. The Morgan fingerprint density at radius 2 is 0.784 bits per heavy atom. The summed E-state index contributed by atoms with van der Waals surface area (Å²) in [5.74, 6) is 1.75. The Hall–Kier alpha value is -6.64. The van der Waals surface area contributed by atoms with Crippen LogP contribution in [-0.4, -0.2) is 0 Å². The van der Waals surface area contributed by atoms with Crippen LogP contribution in [0.2, 0.25) is 0 Å². The smallest absolute Gasteiger partial charge is 0.140 e. The van der Waals surface area contributed by atoms with Crippen LogP contribution in [0.1, 0.15) is 22.3 Å². The van der Waals surface area contributed by atoms with Crippen LogP contribution in [0.25, 0.3) is 22.3 Å². The summed E-state index contributed by atoms with van der Waals surface area (Å²) in [6.07, 6.45) is 0. The number of fused-ring (bicyclic) bond motifs is 2. The first-order chi connectivity index (χ1) is 25.3. The molecule has 0 radical (unpaired) electrons. The maximum Gasteiger partial charge on any atom is 0.140 e. The summed E-state index contributed by atoms with van der Waals surface area (Å²) >= 11 is 0. The third-order valence-electron chi connectivity index (χ3n) is 10.0. The van der Waals surface area contributed by atoms with Gasteiger partial charge >= 0.3 is 0 Å². The van der Waals surface area contributed by atoms with Gasteiger partial charge in [-0.1, -0.05) is 170 Å². The molecular formula is C49H35NO. The molecule has 1 aliphatic rings. The second-order valence-electron chi connectivity index (χ2n) is 12.9. The van der Waals surface area contributed by atoms with Gasteiger partial charge < -0.3 is 9.64 Å². The van der Waals surface area contributed by atoms with Crippen molar-refractivity contribution < 1.29 is 4.74 Å². The second-order valence-corrected chi connectivity index (χ2v) is 12.9. The molecule has 9 rings (SSSR count). The normalized spacial score (nSPS) is 12.6. The van der Waals surface area contributed by atoms with Crippen molar-refractivity contribution in [3.63, 3.8) is 0 Å². The molecule has 0 fully saturated rings. The Bertz CT molecular complexity index is 2370. The Balaban J connectivity index is 1.17. The third-order valence-corrected chi connectivity index (χ3v) is 10.0. The molecule has 0 spiro atoms. The van der Waals surface area contributed by atoms with E-state index < -0.39 is 5.41 Å². The minimum Gasteiger partial charge on any atom is -0.456 e. The molecule has 0 saturated carbocycles. The Morgan fingerprint density at radius 3 is 1.39 bits per heavy atom. The first kappa shape index (κ1) is 30.4. The number of hydrogen-bond acceptors (Lipinski definition) is 2. The monoisotopic (exact) mass is 653 g/mol. The molecule has 51 heavy (non-hydrogen) atoms. The van der Waals surface area contributed by atoms with Gasteiger partial charge in [-0.3, -0.25) is 0 Å². The minimum absolute atomic E-state index is 0.557. The van der Waals surface area contributed by atoms with Gasteiger partial charge in [-0.2, -0.15) is 0 Å². The van der Waals surface area contributed by atoms with Gasteiger partial charge in [0, 0.05) is 33.8 Å². The van der Waals surface area contributed by atoms with Gasteiger partial charge in [0.15, 0.2) is 0 Å². The lowest BCUT2D eigenvalue weighted by atomic mass is 9.63. The van der Waals surface area contributed by atoms with Gasteiger partial charge in [0.1, 0.15) is 11.5 Å². The van der Waals surface area contributed by atoms with Crippen LogP contribution in [0, 0.1) is 0 Å². The zero-order valence-corrected chi connectivity index (χ0v) is 28.1. The van der Waals surface area contributed by atoms with Crippen LogP contribution in [0.3, 0.4) is 0 Å². The maximum absolute atomic E-state index is 6.91. The summed E-state index contributed by atoms with van der Waals surface area (Å²) in [5, 5.41) is 0. The molecule has 1 aliphatic heterocycles. The van der Waals surface area contributed by atoms with Crippen LogP contribution in [0.15, 0.2) is 212 Å². The van der Waals surface area contributed by atoms with E-state index >= 15 is 0 Å². The molecule has 8 aromatic rings. The van der Waals surface area contributed by atoms with E-state index in [1.54, 1.807) is 0 Å². The maximum atomic E-state index is 6.91. The first-order valence-electron chi connectivity index (χ1n) is 17.4. The predicted octanol–water partition coefficient (Wildman–Crippen LogP) is 13.0. The van der Waals surface area contributed by atoms with Crippen molar-refractivity contribution in [3.8, 4) is 33.8 Å². The number of ether oxygens (including phenoxy) is 1. The van der Waals surface area contributed by atoms with E-state index in [0.29, 0.717) is 0 Å². The molecule has 0 aromatic heterocycles. The standard InChI is InChI=1S/C49H35NO/c1-5-16-36(17-6-1)37-28-32-42(33-29-37)50(41-22-11-4-12-23-41)43-34-30-38(31-35-43)44-24-15-26-46-48(44)51-47-27-14-13-25-45(47)49(46,39-18-7-2-8-19-39)40-20-9-3-10-21-40/h1-35H. The molecule has 0 aliphatic carbocycles. The van der Waals surface area contributed by atoms with Gasteiger partial charge in [-0.15, -0.1) is 0 Å². The summed E-state index contributed by atoms with van der Waals surface area (Å²) in [4.78, 5) is 2.31. The zero-order chi connectivity index (χ0) is 34.0. The lowest BCUT2D eigenvalue weighted by molar-refractivity contribution is 0.436. The van der Waals surface area contributed by atoms with Crippen LogP contribution in [0.5, 0.6) is 11.5 Å². The summed E-state index contributed by atoms with van der Waals surface area (Å²) in [6, 6.07) is 75.5. The van der Waals surface area contributed by atoms with Gasteiger partial charge in [0.05, 0.1) is 5.41 Å². The van der Waals surface area contributed by atoms with Crippen molar-refractivity contribution in [1.29, 1.82) is 0 Å². The van der Waals surface area contributed by atoms with E-state index in [1.165, 1.54) is 22.3 Å². The largest absolute Gasteiger partial charge is 0.456 e. The molecular weight excluding hydrogens is 619 g/mol. The van der Waals surface area contributed by atoms with Gasteiger partial charge in [0.2, 0.25) is 0 Å². The molecule has 0 atom stereocenters. The highest BCUT2D eigenvalue weighted by Gasteiger charge is 2.45. The molecule has 0 amide bonds. The lowest BCUT2D eigenvalue weighted by Gasteiger charge is -2.42. The Labute approximate surface area is 299 Å². The van der Waals surface area contributed by atoms with E-state index in [0.717, 1.165) is 50.8 Å². The topological polar surface area (TPSA) is 12.5 Å². The van der Waals surface area contributed by atoms with Crippen LogP contribution >= 0.6 is 0 Å². The molecule has 8 aromatic carbocycles. The van der Waals surface area contributed by atoms with Gasteiger partial charge in [-0.05, 0) is 70.3 Å². The zero-order valence-electron chi connectivity index (χ0n) is 28.1. The molecule has 0 saturated heterocycles. The number of anilines is 3. The molecule has 1 heterocycles. The van der Waals surface area contributed by atoms with Crippen molar-refractivity contribution in [2.45, 2.75) is 5.41 Å². The van der Waals surface area contributed by atoms with E-state index in [4.69, 9.17) is 4.74 Å². The average molecular weight is 654 g/mol. The predicted molar refractivity (Wildman–Crippen MR) is 210 cm³/mol. The van der Waals surface area contributed by atoms with Crippen LogP contribution in [0.4, 0.5) is 17.1 Å². The molecule has 242 valence electrons.